The summed E-state index contributed by atoms with van der Waals surface area (Å²) in [5, 5.41) is 10.6. The summed E-state index contributed by atoms with van der Waals surface area (Å²) in [7, 11) is -3.13. The van der Waals surface area contributed by atoms with E-state index in [4.69, 9.17) is 0 Å². The molecule has 5 heteroatoms. The van der Waals surface area contributed by atoms with E-state index in [1.54, 1.807) is 24.3 Å². The molecule has 0 aliphatic carbocycles. The van der Waals surface area contributed by atoms with Gasteiger partial charge in [0.15, 0.2) is 0 Å². The zero-order valence-electron chi connectivity index (χ0n) is 14.4. The van der Waals surface area contributed by atoms with Crippen LogP contribution < -0.4 is 0 Å². The molecule has 0 aliphatic rings. The van der Waals surface area contributed by atoms with Crippen molar-refractivity contribution in [2.24, 2.45) is 5.92 Å². The number of hydrogen-bond acceptors (Lipinski definition) is 3. The number of benzene rings is 2. The van der Waals surface area contributed by atoms with Crippen LogP contribution in [0.25, 0.3) is 0 Å². The van der Waals surface area contributed by atoms with Crippen LogP contribution in [0.5, 0.6) is 0 Å². The summed E-state index contributed by atoms with van der Waals surface area (Å²) in [5.74, 6) is -0.140. The number of aliphatic hydroxyl groups excluding tert-OH is 1. The monoisotopic (exact) mass is 364 g/mol. The van der Waals surface area contributed by atoms with E-state index >= 15 is 0 Å². The molecule has 0 fully saturated rings. The molecule has 2 aromatic rings. The van der Waals surface area contributed by atoms with Gasteiger partial charge in [0, 0.05) is 9.79 Å². The van der Waals surface area contributed by atoms with Crippen LogP contribution in [0.15, 0.2) is 58.3 Å². The molecule has 0 aromatic heterocycles. The van der Waals surface area contributed by atoms with Gasteiger partial charge in [-0.2, -0.15) is 0 Å². The second-order valence-corrected chi connectivity index (χ2v) is 9.77. The Balaban J connectivity index is 2.40. The van der Waals surface area contributed by atoms with E-state index in [0.29, 0.717) is 9.79 Å². The number of rotatable bonds is 6. The summed E-state index contributed by atoms with van der Waals surface area (Å²) >= 11 is 0. The molecule has 0 amide bonds. The fourth-order valence-corrected chi connectivity index (χ4v) is 6.04. The van der Waals surface area contributed by atoms with Gasteiger partial charge in [-0.1, -0.05) is 49.2 Å². The second-order valence-electron chi connectivity index (χ2n) is 6.32. The van der Waals surface area contributed by atoms with Gasteiger partial charge in [-0.3, -0.25) is 8.42 Å². The maximum Gasteiger partial charge on any atom is 0.145 e. The van der Waals surface area contributed by atoms with Crippen molar-refractivity contribution < 1.29 is 13.5 Å². The van der Waals surface area contributed by atoms with E-state index < -0.39 is 32.3 Å². The van der Waals surface area contributed by atoms with E-state index in [2.05, 4.69) is 0 Å². The molecule has 1 N–H and O–H groups in total. The average Bonchev–Trinajstić information content (AvgIpc) is 2.55. The third-order valence-corrected chi connectivity index (χ3v) is 7.81. The molecule has 0 spiro atoms. The van der Waals surface area contributed by atoms with E-state index in [1.165, 1.54) is 0 Å². The van der Waals surface area contributed by atoms with Gasteiger partial charge in [-0.15, -0.1) is 0 Å². The Bertz CT molecular complexity index is 664. The van der Waals surface area contributed by atoms with Crippen molar-refractivity contribution in [2.75, 3.05) is 0 Å². The zero-order chi connectivity index (χ0) is 17.9. The van der Waals surface area contributed by atoms with Crippen LogP contribution in [0.2, 0.25) is 0 Å². The molecule has 0 unspecified atom stereocenters. The Labute approximate surface area is 149 Å². The van der Waals surface area contributed by atoms with E-state index in [0.717, 1.165) is 11.1 Å². The average molecular weight is 365 g/mol. The van der Waals surface area contributed by atoms with Gasteiger partial charge in [0.1, 0.15) is 4.58 Å². The fraction of sp³-hybridized carbons (Fsp3) is 0.368. The van der Waals surface area contributed by atoms with Crippen LogP contribution >= 0.6 is 0 Å². The zero-order valence-corrected chi connectivity index (χ0v) is 16.1. The van der Waals surface area contributed by atoms with Gasteiger partial charge < -0.3 is 5.11 Å². The molecule has 24 heavy (non-hydrogen) atoms. The third-order valence-electron chi connectivity index (χ3n) is 3.89. The Morgan fingerprint density at radius 3 is 1.38 bits per heavy atom. The Morgan fingerprint density at radius 2 is 1.08 bits per heavy atom. The largest absolute Gasteiger partial charge is 0.391 e. The quantitative estimate of drug-likeness (QED) is 0.853. The molecular weight excluding hydrogens is 340 g/mol. The predicted octanol–water partition coefficient (Wildman–Crippen LogP) is 3.56. The van der Waals surface area contributed by atoms with Gasteiger partial charge in [0.25, 0.3) is 0 Å². The highest BCUT2D eigenvalue weighted by molar-refractivity contribution is 8.03. The fourth-order valence-electron chi connectivity index (χ4n) is 2.26. The van der Waals surface area contributed by atoms with Crippen molar-refractivity contribution >= 4 is 21.6 Å². The molecule has 0 heterocycles. The van der Waals surface area contributed by atoms with E-state index in [9.17, 15) is 13.5 Å². The summed E-state index contributed by atoms with van der Waals surface area (Å²) in [4.78, 5) is 1.18. The highest BCUT2D eigenvalue weighted by Gasteiger charge is 2.34. The Kier molecular flexibility index (Phi) is 6.49. The highest BCUT2D eigenvalue weighted by atomic mass is 32.2. The van der Waals surface area contributed by atoms with Crippen LogP contribution in [0.1, 0.15) is 25.0 Å². The topological polar surface area (TPSA) is 54.4 Å². The standard InChI is InChI=1S/C19H24O3S2/c1-13(2)18(20)19(23(21)16-9-5-14(3)6-10-16)24(22)17-11-7-15(4)8-12-17/h5-13,18-20H,1-4H3/t18-,23-,24-/m0/s1. The van der Waals surface area contributed by atoms with Gasteiger partial charge in [-0.05, 0) is 44.0 Å². The Hall–Kier alpha value is -1.30. The van der Waals surface area contributed by atoms with Crippen LogP contribution in [0, 0.1) is 19.8 Å². The normalized spacial score (nSPS) is 15.5. The lowest BCUT2D eigenvalue weighted by Gasteiger charge is -2.25. The first-order valence-corrected chi connectivity index (χ1v) is 10.4. The molecule has 0 bridgehead atoms. The summed E-state index contributed by atoms with van der Waals surface area (Å²) in [6, 6.07) is 14.6. The maximum atomic E-state index is 13.0. The van der Waals surface area contributed by atoms with Gasteiger partial charge in [-0.25, -0.2) is 0 Å². The lowest BCUT2D eigenvalue weighted by Crippen LogP contribution is -2.38. The molecule has 3 atom stereocenters. The first-order valence-electron chi connectivity index (χ1n) is 7.94. The molecule has 0 saturated heterocycles. The lowest BCUT2D eigenvalue weighted by molar-refractivity contribution is 0.139. The molecule has 2 aromatic carbocycles. The van der Waals surface area contributed by atoms with Gasteiger partial charge >= 0.3 is 0 Å². The lowest BCUT2D eigenvalue weighted by atomic mass is 10.1. The van der Waals surface area contributed by atoms with Crippen molar-refractivity contribution in [1.82, 2.24) is 0 Å². The molecule has 3 nitrogen and oxygen atoms in total. The summed E-state index contributed by atoms with van der Waals surface area (Å²) in [5.41, 5.74) is 2.13. The summed E-state index contributed by atoms with van der Waals surface area (Å²) < 4.78 is 25.2. The minimum Gasteiger partial charge on any atom is -0.391 e. The minimum absolute atomic E-state index is 0.140. The van der Waals surface area contributed by atoms with Crippen molar-refractivity contribution in [3.63, 3.8) is 0 Å². The van der Waals surface area contributed by atoms with Crippen molar-refractivity contribution in [1.29, 1.82) is 0 Å². The van der Waals surface area contributed by atoms with E-state index in [1.807, 2.05) is 52.0 Å². The van der Waals surface area contributed by atoms with Crippen LogP contribution in [-0.4, -0.2) is 24.2 Å². The van der Waals surface area contributed by atoms with Crippen LogP contribution in [0.3, 0.4) is 0 Å². The first kappa shape index (κ1) is 19.0. The number of aliphatic hydroxyl groups is 1. The second kappa shape index (κ2) is 8.19. The van der Waals surface area contributed by atoms with Crippen LogP contribution in [-0.2, 0) is 21.6 Å². The Morgan fingerprint density at radius 1 is 0.750 bits per heavy atom. The molecule has 0 aliphatic heterocycles. The number of hydrogen-bond donors (Lipinski definition) is 1. The molecule has 2 rings (SSSR count). The molecular formula is C19H24O3S2. The third kappa shape index (κ3) is 4.41. The maximum absolute atomic E-state index is 13.0. The van der Waals surface area contributed by atoms with Crippen molar-refractivity contribution in [2.45, 2.75) is 48.2 Å². The molecule has 130 valence electrons. The van der Waals surface area contributed by atoms with Gasteiger partial charge in [0.05, 0.1) is 27.7 Å². The van der Waals surface area contributed by atoms with E-state index in [-0.39, 0.29) is 5.92 Å². The van der Waals surface area contributed by atoms with Gasteiger partial charge in [0.2, 0.25) is 0 Å². The smallest absolute Gasteiger partial charge is 0.145 e. The summed E-state index contributed by atoms with van der Waals surface area (Å²) in [6.07, 6.45) is -0.922. The summed E-state index contributed by atoms with van der Waals surface area (Å²) in [6.45, 7) is 7.60. The molecule has 0 radical (unpaired) electrons. The minimum atomic E-state index is -1.57. The van der Waals surface area contributed by atoms with Crippen LogP contribution in [0.4, 0.5) is 0 Å². The first-order chi connectivity index (χ1) is 11.3. The molecule has 0 saturated carbocycles. The predicted molar refractivity (Wildman–Crippen MR) is 99.8 cm³/mol. The van der Waals surface area contributed by atoms with Crippen molar-refractivity contribution in [3.05, 3.63) is 59.7 Å². The van der Waals surface area contributed by atoms with Crippen molar-refractivity contribution in [3.8, 4) is 0 Å². The highest BCUT2D eigenvalue weighted by Crippen LogP contribution is 2.25. The SMILES string of the molecule is Cc1ccc([S@](=O)C([C@@H](O)C(C)C)[S@@](=O)c2ccc(C)cc2)cc1. The number of aryl methyl sites for hydroxylation is 2.